The molecule has 130 valence electrons. The summed E-state index contributed by atoms with van der Waals surface area (Å²) in [4.78, 5) is 14.7. The summed E-state index contributed by atoms with van der Waals surface area (Å²) in [6.07, 6.45) is 4.73. The van der Waals surface area contributed by atoms with Gasteiger partial charge in [0.15, 0.2) is 0 Å². The molecule has 2 N–H and O–H groups in total. The Bertz CT molecular complexity index is 464. The first-order valence-corrected chi connectivity index (χ1v) is 10.2. The van der Waals surface area contributed by atoms with Crippen LogP contribution in [0.4, 0.5) is 0 Å². The molecular weight excluding hydrogens is 405 g/mol. The molecule has 5 heteroatoms. The highest BCUT2D eigenvalue weighted by atomic mass is 127. The van der Waals surface area contributed by atoms with Crippen LogP contribution in [-0.2, 0) is 11.2 Å². The monoisotopic (exact) mass is 433 g/mol. The summed E-state index contributed by atoms with van der Waals surface area (Å²) < 4.78 is 0. The number of rotatable bonds is 2. The molecule has 1 aromatic carbocycles. The van der Waals surface area contributed by atoms with Crippen LogP contribution in [0, 0.1) is 6.92 Å². The van der Waals surface area contributed by atoms with E-state index in [4.69, 9.17) is 5.11 Å². The molecule has 1 aromatic rings. The first-order valence-electron chi connectivity index (χ1n) is 8.01. The summed E-state index contributed by atoms with van der Waals surface area (Å²) in [6.45, 7) is 1.98. The van der Waals surface area contributed by atoms with Crippen molar-refractivity contribution in [3.05, 3.63) is 35.4 Å². The first-order chi connectivity index (χ1) is 11.0. The van der Waals surface area contributed by atoms with Gasteiger partial charge in [-0.25, -0.2) is 0 Å². The zero-order chi connectivity index (χ0) is 17.4. The Morgan fingerprint density at radius 1 is 1.17 bits per heavy atom. The second kappa shape index (κ2) is 10.3. The van der Waals surface area contributed by atoms with Crippen molar-refractivity contribution in [3.63, 3.8) is 0 Å². The summed E-state index contributed by atoms with van der Waals surface area (Å²) in [6, 6.07) is 8.88. The Labute approximate surface area is 153 Å². The quantitative estimate of drug-likeness (QED) is 0.555. The number of hydrogen-bond donors (Lipinski definition) is 2. The maximum Gasteiger partial charge on any atom is 0.307 e. The molecule has 3 rings (SSSR count). The fourth-order valence-electron chi connectivity index (χ4n) is 3.26. The minimum absolute atomic E-state index is 0.00583. The molecule has 3 atom stereocenters. The van der Waals surface area contributed by atoms with E-state index in [2.05, 4.69) is 34.5 Å². The molecule has 1 unspecified atom stereocenters. The lowest BCUT2D eigenvalue weighted by Gasteiger charge is -2.33. The summed E-state index contributed by atoms with van der Waals surface area (Å²) in [7, 11) is 2.19. The fourth-order valence-corrected chi connectivity index (χ4v) is 3.26. The number of aliphatic carboxylic acids is 1. The summed E-state index contributed by atoms with van der Waals surface area (Å²) in [5.41, 5.74) is 2.00. The average molecular weight is 433 g/mol. The van der Waals surface area contributed by atoms with E-state index < -0.39 is 5.97 Å². The number of piperidine rings is 1. The second-order valence-electron chi connectivity index (χ2n) is 6.23. The third kappa shape index (κ3) is 6.77. The van der Waals surface area contributed by atoms with E-state index in [1.807, 2.05) is 36.1 Å². The molecule has 2 aliphatic rings. The molecule has 2 bridgehead atoms. The minimum Gasteiger partial charge on any atom is -0.481 e. The molecule has 0 aromatic heterocycles. The molecule has 0 aliphatic carbocycles. The number of carboxylic acid groups (broad SMARTS) is 1. The van der Waals surface area contributed by atoms with Crippen LogP contribution in [0.25, 0.3) is 0 Å². The molecule has 2 fully saturated rings. The van der Waals surface area contributed by atoms with Gasteiger partial charge in [-0.15, -0.1) is 0 Å². The summed E-state index contributed by atoms with van der Waals surface area (Å²) in [5, 5.41) is 17.8. The summed E-state index contributed by atoms with van der Waals surface area (Å²) in [5.74, 6) is -0.783. The lowest BCUT2D eigenvalue weighted by Crippen LogP contribution is -2.41. The molecule has 23 heavy (non-hydrogen) atoms. The molecule has 2 saturated heterocycles. The largest absolute Gasteiger partial charge is 0.481 e. The average Bonchev–Trinajstić information content (AvgIpc) is 2.74. The highest BCUT2D eigenvalue weighted by Crippen LogP contribution is 2.33. The van der Waals surface area contributed by atoms with Crippen molar-refractivity contribution in [2.45, 2.75) is 57.2 Å². The zero-order valence-electron chi connectivity index (χ0n) is 14.2. The number of carbonyl (C=O) groups is 1. The maximum absolute atomic E-state index is 10.3. The van der Waals surface area contributed by atoms with Crippen molar-refractivity contribution in [3.8, 4) is 0 Å². The normalized spacial score (nSPS) is 25.7. The molecular formula is C18H28INO3. The predicted molar refractivity (Wildman–Crippen MR) is 102 cm³/mol. The van der Waals surface area contributed by atoms with Crippen LogP contribution in [0.5, 0.6) is 0 Å². The Morgan fingerprint density at radius 2 is 1.65 bits per heavy atom. The first kappa shape index (κ1) is 20.4. The number of alkyl halides is 1. The Hall–Kier alpha value is -0.660. The van der Waals surface area contributed by atoms with E-state index in [9.17, 15) is 9.90 Å². The van der Waals surface area contributed by atoms with Crippen molar-refractivity contribution in [1.29, 1.82) is 0 Å². The predicted octanol–water partition coefficient (Wildman–Crippen LogP) is 3.28. The van der Waals surface area contributed by atoms with Crippen LogP contribution < -0.4 is 0 Å². The van der Waals surface area contributed by atoms with Crippen molar-refractivity contribution >= 4 is 28.6 Å². The molecule has 0 amide bonds. The lowest BCUT2D eigenvalue weighted by atomic mass is 10.0. The number of nitrogens with zero attached hydrogens (tertiary/aromatic N) is 1. The molecule has 2 heterocycles. The topological polar surface area (TPSA) is 60.8 Å². The van der Waals surface area contributed by atoms with Gasteiger partial charge < -0.3 is 15.1 Å². The van der Waals surface area contributed by atoms with Gasteiger partial charge >= 0.3 is 5.97 Å². The van der Waals surface area contributed by atoms with E-state index in [1.54, 1.807) is 0 Å². The van der Waals surface area contributed by atoms with Gasteiger partial charge in [0.2, 0.25) is 0 Å². The van der Waals surface area contributed by atoms with Crippen molar-refractivity contribution < 1.29 is 15.0 Å². The number of aliphatic hydroxyl groups excluding tert-OH is 1. The lowest BCUT2D eigenvalue weighted by molar-refractivity contribution is -0.136. The molecule has 0 spiro atoms. The Morgan fingerprint density at radius 3 is 2.09 bits per heavy atom. The molecule has 2 aliphatic heterocycles. The van der Waals surface area contributed by atoms with Crippen molar-refractivity contribution in [1.82, 2.24) is 4.90 Å². The van der Waals surface area contributed by atoms with Crippen LogP contribution >= 0.6 is 22.6 Å². The van der Waals surface area contributed by atoms with E-state index >= 15 is 0 Å². The van der Waals surface area contributed by atoms with Crippen LogP contribution in [0.15, 0.2) is 24.3 Å². The third-order valence-electron chi connectivity index (χ3n) is 4.55. The number of fused-ring (bicyclic) bond motifs is 2. The van der Waals surface area contributed by atoms with Crippen LogP contribution in [0.1, 0.15) is 36.8 Å². The molecule has 0 saturated carbocycles. The van der Waals surface area contributed by atoms with Gasteiger partial charge in [-0.05, 0) is 50.1 Å². The van der Waals surface area contributed by atoms with Crippen molar-refractivity contribution in [2.75, 3.05) is 12.0 Å². The zero-order valence-corrected chi connectivity index (χ0v) is 16.4. The molecule has 4 nitrogen and oxygen atoms in total. The Balaban J connectivity index is 0.000000208. The van der Waals surface area contributed by atoms with Gasteiger partial charge in [0.05, 0.1) is 12.5 Å². The standard InChI is InChI=1S/C9H10O2.C8H15NO.CH3I/c1-7-2-4-8(5-3-7)6-9(10)11;1-9-6-2-3-7(9)5-8(10)4-6;1-2/h2-5H,6H2,1H3,(H,10,11);6-8,10H,2-5H2,1H3;1H3/t;6-,7+,8?;. The van der Waals surface area contributed by atoms with Gasteiger partial charge in [-0.1, -0.05) is 52.4 Å². The van der Waals surface area contributed by atoms with Gasteiger partial charge in [-0.3, -0.25) is 4.79 Å². The fraction of sp³-hybridized carbons (Fsp3) is 0.611. The van der Waals surface area contributed by atoms with E-state index in [0.717, 1.165) is 24.0 Å². The van der Waals surface area contributed by atoms with E-state index in [0.29, 0.717) is 12.1 Å². The smallest absolute Gasteiger partial charge is 0.307 e. The number of halogens is 1. The summed E-state index contributed by atoms with van der Waals surface area (Å²) >= 11 is 2.15. The number of benzene rings is 1. The van der Waals surface area contributed by atoms with Gasteiger partial charge in [-0.2, -0.15) is 0 Å². The van der Waals surface area contributed by atoms with Crippen LogP contribution in [0.2, 0.25) is 0 Å². The number of aliphatic hydroxyl groups is 1. The number of aryl methyl sites for hydroxylation is 1. The van der Waals surface area contributed by atoms with E-state index in [-0.39, 0.29) is 12.5 Å². The maximum atomic E-state index is 10.3. The van der Waals surface area contributed by atoms with E-state index in [1.165, 1.54) is 12.8 Å². The number of carboxylic acids is 1. The van der Waals surface area contributed by atoms with Crippen LogP contribution in [0.3, 0.4) is 0 Å². The van der Waals surface area contributed by atoms with Gasteiger partial charge in [0, 0.05) is 12.1 Å². The number of hydrogen-bond acceptors (Lipinski definition) is 3. The molecule has 0 radical (unpaired) electrons. The highest BCUT2D eigenvalue weighted by molar-refractivity contribution is 14.1. The van der Waals surface area contributed by atoms with Crippen molar-refractivity contribution in [2.24, 2.45) is 0 Å². The second-order valence-corrected chi connectivity index (χ2v) is 6.23. The highest BCUT2D eigenvalue weighted by Gasteiger charge is 2.37. The minimum atomic E-state index is -0.783. The van der Waals surface area contributed by atoms with Crippen LogP contribution in [-0.4, -0.2) is 51.2 Å². The van der Waals surface area contributed by atoms with Gasteiger partial charge in [0.25, 0.3) is 0 Å². The van der Waals surface area contributed by atoms with Gasteiger partial charge in [0.1, 0.15) is 0 Å². The SMILES string of the molecule is CI.CN1[C@@H]2CC[C@H]1CC(O)C2.Cc1ccc(CC(=O)O)cc1. The third-order valence-corrected chi connectivity index (χ3v) is 4.55. The Kier molecular flexibility index (Phi) is 9.09.